The first-order valence-corrected chi connectivity index (χ1v) is 20.7. The van der Waals surface area contributed by atoms with E-state index in [0.717, 1.165) is 70.5 Å². The summed E-state index contributed by atoms with van der Waals surface area (Å²) in [6, 6.07) is 19.4. The monoisotopic (exact) mass is 791 g/mol. The van der Waals surface area contributed by atoms with E-state index in [1.807, 2.05) is 11.0 Å². The smallest absolute Gasteiger partial charge is 0.320 e. The van der Waals surface area contributed by atoms with E-state index in [2.05, 4.69) is 71.5 Å². The molecule has 1 aromatic heterocycles. The van der Waals surface area contributed by atoms with E-state index < -0.39 is 12.0 Å². The van der Waals surface area contributed by atoms with Crippen LogP contribution in [-0.2, 0) is 24.6 Å². The maximum absolute atomic E-state index is 12.1. The summed E-state index contributed by atoms with van der Waals surface area (Å²) in [6.07, 6.45) is 10.5. The lowest BCUT2D eigenvalue weighted by Crippen LogP contribution is -2.44. The molecule has 1 spiro atoms. The van der Waals surface area contributed by atoms with Crippen LogP contribution in [0, 0.1) is 30.6 Å². The molecule has 4 aromatic rings. The van der Waals surface area contributed by atoms with Crippen LogP contribution in [0.15, 0.2) is 67.0 Å². The number of hydrogen-bond acceptors (Lipinski definition) is 9. The fourth-order valence-electron chi connectivity index (χ4n) is 8.71. The molecule has 300 valence electrons. The molecule has 0 bridgehead atoms. The average Bonchev–Trinajstić information content (AvgIpc) is 3.68. The van der Waals surface area contributed by atoms with Gasteiger partial charge in [-0.25, -0.2) is 0 Å². The molecule has 0 unspecified atom stereocenters. The van der Waals surface area contributed by atoms with Gasteiger partial charge in [-0.15, -0.1) is 0 Å². The predicted molar refractivity (Wildman–Crippen MR) is 222 cm³/mol. The van der Waals surface area contributed by atoms with Crippen molar-refractivity contribution in [2.45, 2.75) is 84.6 Å². The van der Waals surface area contributed by atoms with Crippen LogP contribution in [0.4, 0.5) is 0 Å². The maximum atomic E-state index is 12.1. The summed E-state index contributed by atoms with van der Waals surface area (Å²) in [5.41, 5.74) is 7.98. The first kappa shape index (κ1) is 40.5. The summed E-state index contributed by atoms with van der Waals surface area (Å²) >= 11 is 6.89. The lowest BCUT2D eigenvalue weighted by Gasteiger charge is -2.38. The molecule has 11 heteroatoms. The number of ether oxygens (including phenoxy) is 3. The number of nitrogens with one attached hydrogen (secondary N) is 1. The van der Waals surface area contributed by atoms with Crippen LogP contribution in [0.1, 0.15) is 78.3 Å². The summed E-state index contributed by atoms with van der Waals surface area (Å²) in [6.45, 7) is 12.2. The molecule has 3 aliphatic heterocycles. The summed E-state index contributed by atoms with van der Waals surface area (Å²) in [7, 11) is 0. The number of carbonyl (C=O) groups is 1. The molecule has 1 atom stereocenters. The van der Waals surface area contributed by atoms with Gasteiger partial charge in [-0.3, -0.25) is 14.7 Å². The number of nitriles is 1. The molecule has 4 heterocycles. The van der Waals surface area contributed by atoms with Gasteiger partial charge in [0.2, 0.25) is 0 Å². The second-order valence-corrected chi connectivity index (χ2v) is 16.4. The van der Waals surface area contributed by atoms with Crippen LogP contribution in [0.5, 0.6) is 17.2 Å². The van der Waals surface area contributed by atoms with Gasteiger partial charge >= 0.3 is 5.97 Å². The molecule has 7 rings (SSSR count). The average molecular weight is 792 g/mol. The zero-order valence-electron chi connectivity index (χ0n) is 33.2. The molecule has 3 aliphatic rings. The lowest BCUT2D eigenvalue weighted by atomic mass is 9.78. The van der Waals surface area contributed by atoms with Gasteiger partial charge in [-0.2, -0.15) is 5.26 Å². The fourth-order valence-corrected chi connectivity index (χ4v) is 8.95. The first-order chi connectivity index (χ1) is 27.7. The van der Waals surface area contributed by atoms with E-state index in [1.165, 1.54) is 51.6 Å². The molecule has 3 aromatic carbocycles. The summed E-state index contributed by atoms with van der Waals surface area (Å²) in [5, 5.41) is 23.3. The molecule has 3 saturated heterocycles. The molecule has 0 aliphatic carbocycles. The second-order valence-electron chi connectivity index (χ2n) is 16.0. The molecule has 57 heavy (non-hydrogen) atoms. The SMILES string of the molecule is Cc1c(COc2cc(OCc3cncc(C#N)c3)c(CN3CCCC[C@H]3C(=O)O)cc2Cl)cccc1-c1cccc(OCCCN2CCC3(CCNC3)CC2)c1C. The highest BCUT2D eigenvalue weighted by Crippen LogP contribution is 2.39. The van der Waals surface area contributed by atoms with Gasteiger partial charge in [0, 0.05) is 49.2 Å². The van der Waals surface area contributed by atoms with E-state index >= 15 is 0 Å². The molecular weight excluding hydrogens is 738 g/mol. The summed E-state index contributed by atoms with van der Waals surface area (Å²) in [5.74, 6) is 1.09. The van der Waals surface area contributed by atoms with Crippen molar-refractivity contribution >= 4 is 17.6 Å². The second kappa shape index (κ2) is 18.7. The number of aromatic nitrogens is 1. The van der Waals surface area contributed by atoms with Crippen molar-refractivity contribution in [3.8, 4) is 34.4 Å². The minimum atomic E-state index is -0.826. The summed E-state index contributed by atoms with van der Waals surface area (Å²) < 4.78 is 19.1. The number of rotatable bonds is 15. The third-order valence-electron chi connectivity index (χ3n) is 12.2. The molecule has 0 saturated carbocycles. The quantitative estimate of drug-likeness (QED) is 0.114. The van der Waals surface area contributed by atoms with Gasteiger partial charge in [0.05, 0.1) is 17.2 Å². The van der Waals surface area contributed by atoms with Gasteiger partial charge in [-0.1, -0.05) is 48.4 Å². The zero-order valence-corrected chi connectivity index (χ0v) is 34.0. The van der Waals surface area contributed by atoms with Crippen LogP contribution in [0.25, 0.3) is 11.1 Å². The fraction of sp³-hybridized carbons (Fsp3) is 0.457. The van der Waals surface area contributed by atoms with Crippen molar-refractivity contribution < 1.29 is 24.1 Å². The van der Waals surface area contributed by atoms with Gasteiger partial charge < -0.3 is 29.5 Å². The molecule has 0 radical (unpaired) electrons. The zero-order chi connectivity index (χ0) is 39.8. The Labute approximate surface area is 341 Å². The normalized spacial score (nSPS) is 18.3. The van der Waals surface area contributed by atoms with E-state index in [9.17, 15) is 15.2 Å². The highest BCUT2D eigenvalue weighted by molar-refractivity contribution is 6.32. The molecule has 3 fully saturated rings. The molecule has 0 amide bonds. The highest BCUT2D eigenvalue weighted by Gasteiger charge is 2.36. The number of pyridine rings is 1. The van der Waals surface area contributed by atoms with Gasteiger partial charge in [0.15, 0.2) is 0 Å². The number of carboxylic acids is 1. The Kier molecular flexibility index (Phi) is 13.3. The first-order valence-electron chi connectivity index (χ1n) is 20.4. The number of likely N-dealkylation sites (tertiary alicyclic amines) is 2. The predicted octanol–water partition coefficient (Wildman–Crippen LogP) is 8.33. The number of halogens is 1. The van der Waals surface area contributed by atoms with Gasteiger partial charge in [-0.05, 0) is 130 Å². The Morgan fingerprint density at radius 3 is 2.49 bits per heavy atom. The van der Waals surface area contributed by atoms with Crippen LogP contribution in [0.3, 0.4) is 0 Å². The van der Waals surface area contributed by atoms with E-state index in [0.29, 0.717) is 53.6 Å². The van der Waals surface area contributed by atoms with Crippen LogP contribution < -0.4 is 19.5 Å². The topological polar surface area (TPSA) is 120 Å². The number of hydrogen-bond donors (Lipinski definition) is 2. The Morgan fingerprint density at radius 2 is 1.72 bits per heavy atom. The Balaban J connectivity index is 1.02. The highest BCUT2D eigenvalue weighted by atomic mass is 35.5. The molecular formula is C46H54ClN5O5. The summed E-state index contributed by atoms with van der Waals surface area (Å²) in [4.78, 5) is 20.8. The number of aliphatic carboxylic acids is 1. The minimum Gasteiger partial charge on any atom is -0.493 e. The molecule has 10 nitrogen and oxygen atoms in total. The molecule has 2 N–H and O–H groups in total. The Hall–Kier alpha value is -4.66. The van der Waals surface area contributed by atoms with E-state index in [-0.39, 0.29) is 13.2 Å². The van der Waals surface area contributed by atoms with Gasteiger partial charge in [0.1, 0.15) is 42.6 Å². The van der Waals surface area contributed by atoms with Crippen molar-refractivity contribution in [2.75, 3.05) is 45.9 Å². The van der Waals surface area contributed by atoms with Crippen molar-refractivity contribution in [1.29, 1.82) is 5.26 Å². The largest absolute Gasteiger partial charge is 0.493 e. The van der Waals surface area contributed by atoms with Crippen LogP contribution >= 0.6 is 11.6 Å². The van der Waals surface area contributed by atoms with Crippen molar-refractivity contribution in [3.05, 3.63) is 105 Å². The van der Waals surface area contributed by atoms with Crippen molar-refractivity contribution in [1.82, 2.24) is 20.1 Å². The van der Waals surface area contributed by atoms with Crippen LogP contribution in [0.2, 0.25) is 5.02 Å². The van der Waals surface area contributed by atoms with Crippen LogP contribution in [-0.4, -0.2) is 77.8 Å². The maximum Gasteiger partial charge on any atom is 0.320 e. The standard InChI is InChI=1S/C46H54ClN5O5/c1-32-36(8-5-9-38(32)39-10-6-12-42(33(39)2)55-21-7-17-51-19-14-46(15-20-51)13-16-49-31-46)30-57-44-24-43(56-29-35-22-34(25-48)26-50-27-35)37(23-40(44)47)28-52-18-4-3-11-41(52)45(53)54/h5-6,8-10,12,22-24,26-27,41,49H,3-4,7,11,13-21,28-31H2,1-2H3,(H,53,54)/t41-/m0/s1. The van der Waals surface area contributed by atoms with E-state index in [1.54, 1.807) is 18.3 Å². The number of nitrogens with zero attached hydrogens (tertiary/aromatic N) is 4. The third-order valence-corrected chi connectivity index (χ3v) is 12.5. The van der Waals surface area contributed by atoms with Gasteiger partial charge in [0.25, 0.3) is 0 Å². The third kappa shape index (κ3) is 9.90. The number of carboxylic acid groups (broad SMARTS) is 1. The number of piperidine rings is 2. The Bertz CT molecular complexity index is 2070. The van der Waals surface area contributed by atoms with E-state index in [4.69, 9.17) is 25.8 Å². The number of benzene rings is 3. The Morgan fingerprint density at radius 1 is 0.930 bits per heavy atom. The minimum absolute atomic E-state index is 0.166. The van der Waals surface area contributed by atoms with Crippen molar-refractivity contribution in [2.24, 2.45) is 5.41 Å². The lowest BCUT2D eigenvalue weighted by molar-refractivity contribution is -0.144. The van der Waals surface area contributed by atoms with Crippen molar-refractivity contribution in [3.63, 3.8) is 0 Å².